The summed E-state index contributed by atoms with van der Waals surface area (Å²) >= 11 is 0. The second kappa shape index (κ2) is 8.45. The molecule has 1 saturated heterocycles. The molecule has 0 radical (unpaired) electrons. The van der Waals surface area contributed by atoms with E-state index in [1.807, 2.05) is 30.3 Å². The molecule has 0 saturated carbocycles. The molecule has 3 rings (SSSR count). The first kappa shape index (κ1) is 19.9. The van der Waals surface area contributed by atoms with E-state index in [1.165, 1.54) is 33.9 Å². The van der Waals surface area contributed by atoms with E-state index in [4.69, 9.17) is 4.74 Å². The number of methoxy groups -OCH3 is 1. The number of benzene rings is 2. The van der Waals surface area contributed by atoms with Gasteiger partial charge in [0, 0.05) is 37.7 Å². The van der Waals surface area contributed by atoms with Crippen molar-refractivity contribution < 1.29 is 23.1 Å². The van der Waals surface area contributed by atoms with Gasteiger partial charge in [-0.15, -0.1) is 0 Å². The van der Waals surface area contributed by atoms with Crippen molar-refractivity contribution >= 4 is 22.0 Å². The Labute approximate surface area is 164 Å². The van der Waals surface area contributed by atoms with E-state index in [9.17, 15) is 18.3 Å². The highest BCUT2D eigenvalue weighted by atomic mass is 32.2. The SMILES string of the molecule is COc1ccc(C(=O)N2CCN(S(=O)(=O)C=Cc3ccccc3)CC2)c(O)c1. The van der Waals surface area contributed by atoms with Crippen LogP contribution >= 0.6 is 0 Å². The molecule has 0 unspecified atom stereocenters. The molecule has 8 heteroatoms. The maximum atomic E-state index is 12.6. The van der Waals surface area contributed by atoms with Crippen LogP contribution in [0.25, 0.3) is 6.08 Å². The normalized spacial score (nSPS) is 15.7. The topological polar surface area (TPSA) is 87.2 Å². The van der Waals surface area contributed by atoms with Gasteiger partial charge in [0.15, 0.2) is 0 Å². The van der Waals surface area contributed by atoms with E-state index in [0.29, 0.717) is 5.75 Å². The number of phenols is 1. The van der Waals surface area contributed by atoms with E-state index in [0.717, 1.165) is 5.56 Å². The van der Waals surface area contributed by atoms with Crippen LogP contribution in [0.3, 0.4) is 0 Å². The van der Waals surface area contributed by atoms with Gasteiger partial charge in [0.2, 0.25) is 10.0 Å². The van der Waals surface area contributed by atoms with Gasteiger partial charge < -0.3 is 14.7 Å². The van der Waals surface area contributed by atoms with E-state index in [2.05, 4.69) is 0 Å². The monoisotopic (exact) mass is 402 g/mol. The Kier molecular flexibility index (Phi) is 6.01. The predicted molar refractivity (Wildman–Crippen MR) is 107 cm³/mol. The lowest BCUT2D eigenvalue weighted by Gasteiger charge is -2.33. The first-order valence-corrected chi connectivity index (χ1v) is 10.3. The first-order chi connectivity index (χ1) is 13.4. The molecule has 1 aliphatic rings. The molecule has 1 amide bonds. The van der Waals surface area contributed by atoms with Crippen LogP contribution in [-0.4, -0.2) is 61.9 Å². The molecule has 28 heavy (non-hydrogen) atoms. The predicted octanol–water partition coefficient (Wildman–Crippen LogP) is 2.16. The van der Waals surface area contributed by atoms with Gasteiger partial charge in [0.05, 0.1) is 12.7 Å². The maximum absolute atomic E-state index is 12.6. The van der Waals surface area contributed by atoms with E-state index >= 15 is 0 Å². The number of amides is 1. The fourth-order valence-corrected chi connectivity index (χ4v) is 4.12. The number of aromatic hydroxyl groups is 1. The van der Waals surface area contributed by atoms with Crippen LogP contribution in [0.5, 0.6) is 11.5 Å². The molecule has 2 aromatic rings. The molecule has 1 aliphatic heterocycles. The minimum absolute atomic E-state index is 0.162. The van der Waals surface area contributed by atoms with Gasteiger partial charge in [0.1, 0.15) is 11.5 Å². The Morgan fingerprint density at radius 3 is 2.36 bits per heavy atom. The molecule has 2 aromatic carbocycles. The van der Waals surface area contributed by atoms with Crippen LogP contribution in [0, 0.1) is 0 Å². The van der Waals surface area contributed by atoms with Gasteiger partial charge in [-0.3, -0.25) is 4.79 Å². The quantitative estimate of drug-likeness (QED) is 0.828. The standard InChI is InChI=1S/C20H22N2O5S/c1-27-17-7-8-18(19(23)15-17)20(24)21-10-12-22(13-11-21)28(25,26)14-9-16-5-3-2-4-6-16/h2-9,14-15,23H,10-13H2,1H3. The molecule has 1 N–H and O–H groups in total. The summed E-state index contributed by atoms with van der Waals surface area (Å²) in [5, 5.41) is 11.2. The van der Waals surface area contributed by atoms with Crippen molar-refractivity contribution in [2.24, 2.45) is 0 Å². The van der Waals surface area contributed by atoms with E-state index < -0.39 is 10.0 Å². The largest absolute Gasteiger partial charge is 0.507 e. The van der Waals surface area contributed by atoms with Crippen molar-refractivity contribution in [3.05, 3.63) is 65.1 Å². The Bertz CT molecular complexity index is 965. The highest BCUT2D eigenvalue weighted by molar-refractivity contribution is 7.92. The van der Waals surface area contributed by atoms with Crippen LogP contribution < -0.4 is 4.74 Å². The fourth-order valence-electron chi connectivity index (χ4n) is 2.95. The summed E-state index contributed by atoms with van der Waals surface area (Å²) in [5.41, 5.74) is 0.968. The Hall–Kier alpha value is -2.84. The van der Waals surface area contributed by atoms with Crippen molar-refractivity contribution in [1.82, 2.24) is 9.21 Å². The number of hydrogen-bond donors (Lipinski definition) is 1. The Morgan fingerprint density at radius 1 is 1.07 bits per heavy atom. The summed E-state index contributed by atoms with van der Waals surface area (Å²) in [6, 6.07) is 13.7. The van der Waals surface area contributed by atoms with Crippen LogP contribution in [0.2, 0.25) is 0 Å². The molecule has 0 aromatic heterocycles. The molecule has 148 valence electrons. The maximum Gasteiger partial charge on any atom is 0.257 e. The second-order valence-electron chi connectivity index (χ2n) is 6.33. The summed E-state index contributed by atoms with van der Waals surface area (Å²) < 4.78 is 31.4. The number of hydrogen-bond acceptors (Lipinski definition) is 5. The van der Waals surface area contributed by atoms with Crippen LogP contribution in [0.15, 0.2) is 53.9 Å². The highest BCUT2D eigenvalue weighted by Crippen LogP contribution is 2.25. The van der Waals surface area contributed by atoms with Crippen molar-refractivity contribution in [2.45, 2.75) is 0 Å². The molecular formula is C20H22N2O5S. The average molecular weight is 402 g/mol. The number of nitrogens with zero attached hydrogens (tertiary/aromatic N) is 2. The minimum atomic E-state index is -3.56. The third kappa shape index (κ3) is 4.52. The highest BCUT2D eigenvalue weighted by Gasteiger charge is 2.28. The van der Waals surface area contributed by atoms with Gasteiger partial charge in [-0.05, 0) is 23.8 Å². The van der Waals surface area contributed by atoms with Gasteiger partial charge in [0.25, 0.3) is 5.91 Å². The first-order valence-electron chi connectivity index (χ1n) is 8.80. The lowest BCUT2D eigenvalue weighted by atomic mass is 10.1. The number of carbonyl (C=O) groups excluding carboxylic acids is 1. The lowest BCUT2D eigenvalue weighted by molar-refractivity contribution is 0.0695. The zero-order valence-electron chi connectivity index (χ0n) is 15.5. The van der Waals surface area contributed by atoms with Crippen molar-refractivity contribution in [3.8, 4) is 11.5 Å². The van der Waals surface area contributed by atoms with Crippen LogP contribution in [0.1, 0.15) is 15.9 Å². The fraction of sp³-hybridized carbons (Fsp3) is 0.250. The van der Waals surface area contributed by atoms with Gasteiger partial charge in [-0.25, -0.2) is 8.42 Å². The third-order valence-corrected chi connectivity index (χ3v) is 6.12. The Balaban J connectivity index is 1.63. The summed E-state index contributed by atoms with van der Waals surface area (Å²) in [6.07, 6.45) is 1.56. The van der Waals surface area contributed by atoms with Crippen molar-refractivity contribution in [1.29, 1.82) is 0 Å². The van der Waals surface area contributed by atoms with E-state index in [1.54, 1.807) is 12.1 Å². The molecule has 0 spiro atoms. The zero-order chi connectivity index (χ0) is 20.1. The molecule has 7 nitrogen and oxygen atoms in total. The van der Waals surface area contributed by atoms with Crippen LogP contribution in [-0.2, 0) is 10.0 Å². The number of piperazine rings is 1. The zero-order valence-corrected chi connectivity index (χ0v) is 16.3. The number of ether oxygens (including phenoxy) is 1. The molecule has 0 bridgehead atoms. The molecular weight excluding hydrogens is 380 g/mol. The van der Waals surface area contributed by atoms with Crippen LogP contribution in [0.4, 0.5) is 0 Å². The number of rotatable bonds is 5. The summed E-state index contributed by atoms with van der Waals surface area (Å²) in [7, 11) is -2.09. The molecule has 0 aliphatic carbocycles. The summed E-state index contributed by atoms with van der Waals surface area (Å²) in [6.45, 7) is 0.902. The van der Waals surface area contributed by atoms with Crippen molar-refractivity contribution in [2.75, 3.05) is 33.3 Å². The smallest absolute Gasteiger partial charge is 0.257 e. The molecule has 0 atom stereocenters. The third-order valence-electron chi connectivity index (χ3n) is 4.55. The lowest BCUT2D eigenvalue weighted by Crippen LogP contribution is -2.50. The van der Waals surface area contributed by atoms with Gasteiger partial charge in [-0.1, -0.05) is 30.3 Å². The van der Waals surface area contributed by atoms with Gasteiger partial charge in [-0.2, -0.15) is 4.31 Å². The number of phenolic OH excluding ortho intramolecular Hbond substituents is 1. The van der Waals surface area contributed by atoms with Gasteiger partial charge >= 0.3 is 0 Å². The second-order valence-corrected chi connectivity index (χ2v) is 8.15. The molecule has 1 heterocycles. The summed E-state index contributed by atoms with van der Waals surface area (Å²) in [5.74, 6) is -0.0441. The molecule has 1 fully saturated rings. The average Bonchev–Trinajstić information content (AvgIpc) is 2.72. The Morgan fingerprint density at radius 2 is 1.75 bits per heavy atom. The number of carbonyl (C=O) groups is 1. The summed E-state index contributed by atoms with van der Waals surface area (Å²) in [4.78, 5) is 14.2. The number of sulfonamides is 1. The minimum Gasteiger partial charge on any atom is -0.507 e. The van der Waals surface area contributed by atoms with Crippen molar-refractivity contribution in [3.63, 3.8) is 0 Å². The van der Waals surface area contributed by atoms with E-state index in [-0.39, 0.29) is 43.4 Å².